The van der Waals surface area contributed by atoms with E-state index in [0.717, 1.165) is 11.3 Å². The van der Waals surface area contributed by atoms with Gasteiger partial charge in [0.25, 0.3) is 0 Å². The lowest BCUT2D eigenvalue weighted by molar-refractivity contribution is -0.131. The molecule has 7 heteroatoms. The van der Waals surface area contributed by atoms with Crippen molar-refractivity contribution >= 4 is 53.3 Å². The van der Waals surface area contributed by atoms with Crippen molar-refractivity contribution in [3.8, 4) is 0 Å². The third-order valence-electron chi connectivity index (χ3n) is 2.77. The van der Waals surface area contributed by atoms with Crippen LogP contribution in [-0.2, 0) is 11.3 Å². The Kier molecular flexibility index (Phi) is 9.68. The number of rotatable bonds is 6. The van der Waals surface area contributed by atoms with E-state index in [0.29, 0.717) is 23.0 Å². The van der Waals surface area contributed by atoms with Crippen molar-refractivity contribution in [3.63, 3.8) is 0 Å². The first-order valence-electron chi connectivity index (χ1n) is 5.89. The average molecular weight is 358 g/mol. The van der Waals surface area contributed by atoms with Gasteiger partial charge in [-0.05, 0) is 30.1 Å². The predicted molar refractivity (Wildman–Crippen MR) is 91.2 cm³/mol. The number of thioether (sulfide) groups is 1. The number of hydrogen-bond donors (Lipinski definition) is 1. The van der Waals surface area contributed by atoms with E-state index < -0.39 is 6.04 Å². The number of hydrogen-bond acceptors (Lipinski definition) is 3. The highest BCUT2D eigenvalue weighted by Gasteiger charge is 2.18. The summed E-state index contributed by atoms with van der Waals surface area (Å²) in [5.41, 5.74) is 6.68. The Labute approximate surface area is 140 Å². The number of nitrogens with zero attached hydrogens (tertiary/aromatic N) is 1. The fourth-order valence-electron chi connectivity index (χ4n) is 1.66. The molecule has 0 spiro atoms. The van der Waals surface area contributed by atoms with Crippen molar-refractivity contribution in [2.75, 3.05) is 19.1 Å². The molecule has 20 heavy (non-hydrogen) atoms. The van der Waals surface area contributed by atoms with E-state index in [1.807, 2.05) is 18.4 Å². The van der Waals surface area contributed by atoms with Gasteiger partial charge in [0.05, 0.1) is 16.1 Å². The second-order valence-electron chi connectivity index (χ2n) is 4.30. The van der Waals surface area contributed by atoms with E-state index in [2.05, 4.69) is 0 Å². The summed E-state index contributed by atoms with van der Waals surface area (Å²) in [5, 5.41) is 0.980. The first-order valence-corrected chi connectivity index (χ1v) is 8.04. The van der Waals surface area contributed by atoms with Crippen molar-refractivity contribution < 1.29 is 4.79 Å². The summed E-state index contributed by atoms with van der Waals surface area (Å²) in [7, 11) is 1.72. The van der Waals surface area contributed by atoms with Crippen LogP contribution in [0.5, 0.6) is 0 Å². The lowest BCUT2D eigenvalue weighted by Crippen LogP contribution is -2.41. The smallest absolute Gasteiger partial charge is 0.239 e. The average Bonchev–Trinajstić information content (AvgIpc) is 2.40. The van der Waals surface area contributed by atoms with E-state index >= 15 is 0 Å². The lowest BCUT2D eigenvalue weighted by atomic mass is 10.1. The third kappa shape index (κ3) is 5.70. The summed E-state index contributed by atoms with van der Waals surface area (Å²) in [4.78, 5) is 13.7. The largest absolute Gasteiger partial charge is 0.340 e. The molecule has 0 bridgehead atoms. The highest BCUT2D eigenvalue weighted by molar-refractivity contribution is 7.98. The summed E-state index contributed by atoms with van der Waals surface area (Å²) >= 11 is 13.7. The molecule has 3 nitrogen and oxygen atoms in total. The van der Waals surface area contributed by atoms with Crippen LogP contribution in [0.4, 0.5) is 0 Å². The Morgan fingerprint density at radius 1 is 1.45 bits per heavy atom. The van der Waals surface area contributed by atoms with Crippen molar-refractivity contribution in [2.24, 2.45) is 5.73 Å². The summed E-state index contributed by atoms with van der Waals surface area (Å²) < 4.78 is 0. The van der Waals surface area contributed by atoms with Crippen molar-refractivity contribution in [2.45, 2.75) is 19.0 Å². The molecule has 1 aromatic rings. The minimum Gasteiger partial charge on any atom is -0.340 e. The maximum atomic E-state index is 12.1. The third-order valence-corrected chi connectivity index (χ3v) is 4.27. The Morgan fingerprint density at radius 3 is 2.70 bits per heavy atom. The molecule has 0 heterocycles. The van der Waals surface area contributed by atoms with Crippen LogP contribution in [0.1, 0.15) is 12.0 Å². The fraction of sp³-hybridized carbons (Fsp3) is 0.462. The second kappa shape index (κ2) is 9.74. The Bertz CT molecular complexity index is 446. The highest BCUT2D eigenvalue weighted by Crippen LogP contribution is 2.26. The van der Waals surface area contributed by atoms with Gasteiger partial charge in [-0.15, -0.1) is 12.4 Å². The Balaban J connectivity index is 0.00000361. The topological polar surface area (TPSA) is 46.3 Å². The number of benzene rings is 1. The molecule has 0 aliphatic heterocycles. The molecule has 0 radical (unpaired) electrons. The molecule has 0 unspecified atom stereocenters. The first kappa shape index (κ1) is 19.9. The number of amides is 1. The van der Waals surface area contributed by atoms with Crippen molar-refractivity contribution in [1.82, 2.24) is 4.90 Å². The highest BCUT2D eigenvalue weighted by atomic mass is 35.5. The fourth-order valence-corrected chi connectivity index (χ4v) is 2.52. The maximum absolute atomic E-state index is 12.1. The number of halogens is 3. The predicted octanol–water partition coefficient (Wildman–Crippen LogP) is 3.45. The first-order chi connectivity index (χ1) is 8.97. The molecule has 1 aromatic carbocycles. The van der Waals surface area contributed by atoms with E-state index in [1.165, 1.54) is 0 Å². The zero-order valence-corrected chi connectivity index (χ0v) is 14.6. The second-order valence-corrected chi connectivity index (χ2v) is 6.07. The van der Waals surface area contributed by atoms with Gasteiger partial charge in [-0.25, -0.2) is 0 Å². The van der Waals surface area contributed by atoms with Crippen LogP contribution < -0.4 is 5.73 Å². The normalized spacial score (nSPS) is 11.7. The molecule has 0 saturated carbocycles. The van der Waals surface area contributed by atoms with Crippen molar-refractivity contribution in [3.05, 3.63) is 33.8 Å². The molecule has 0 aliphatic rings. The zero-order valence-electron chi connectivity index (χ0n) is 11.4. The Hall–Kier alpha value is -0.130. The van der Waals surface area contributed by atoms with E-state index in [4.69, 9.17) is 28.9 Å². The molecule has 0 saturated heterocycles. The molecule has 0 aliphatic carbocycles. The number of nitrogens with two attached hydrogens (primary N) is 1. The monoisotopic (exact) mass is 356 g/mol. The van der Waals surface area contributed by atoms with Gasteiger partial charge in [0.15, 0.2) is 0 Å². The van der Waals surface area contributed by atoms with Gasteiger partial charge in [-0.3, -0.25) is 4.79 Å². The zero-order chi connectivity index (χ0) is 14.4. The number of likely N-dealkylation sites (N-methyl/N-ethyl adjacent to an activating group) is 1. The SMILES string of the molecule is CSCC[C@H](N)C(=O)N(C)Cc1cccc(Cl)c1Cl.Cl. The quantitative estimate of drug-likeness (QED) is 0.848. The molecule has 2 N–H and O–H groups in total. The standard InChI is InChI=1S/C13H18Cl2N2OS.ClH/c1-17(13(18)11(16)6-7-19-2)8-9-4-3-5-10(14)12(9)15;/h3-5,11H,6-8,16H2,1-2H3;1H/t11-;/m0./s1. The Morgan fingerprint density at radius 2 is 2.10 bits per heavy atom. The van der Waals surface area contributed by atoms with Gasteiger partial charge < -0.3 is 10.6 Å². The van der Waals surface area contributed by atoms with Gasteiger partial charge in [0.1, 0.15) is 0 Å². The van der Waals surface area contributed by atoms with Gasteiger partial charge in [0.2, 0.25) is 5.91 Å². The molecular formula is C13H19Cl3N2OS. The minimum atomic E-state index is -0.463. The van der Waals surface area contributed by atoms with E-state index in [9.17, 15) is 4.79 Å². The number of carbonyl (C=O) groups excluding carboxylic acids is 1. The molecule has 114 valence electrons. The summed E-state index contributed by atoms with van der Waals surface area (Å²) in [6.07, 6.45) is 2.67. The molecular weight excluding hydrogens is 339 g/mol. The van der Waals surface area contributed by atoms with Crippen LogP contribution in [-0.4, -0.2) is 35.9 Å². The van der Waals surface area contributed by atoms with E-state index in [1.54, 1.807) is 29.8 Å². The maximum Gasteiger partial charge on any atom is 0.239 e. The molecule has 0 fully saturated rings. The molecule has 0 aromatic heterocycles. The van der Waals surface area contributed by atoms with Gasteiger partial charge >= 0.3 is 0 Å². The lowest BCUT2D eigenvalue weighted by Gasteiger charge is -2.22. The molecule has 1 atom stereocenters. The van der Waals surface area contributed by atoms with Crippen LogP contribution in [0.3, 0.4) is 0 Å². The van der Waals surface area contributed by atoms with Gasteiger partial charge in [-0.2, -0.15) is 11.8 Å². The van der Waals surface area contributed by atoms with Crippen LogP contribution in [0.15, 0.2) is 18.2 Å². The van der Waals surface area contributed by atoms with Gasteiger partial charge in [-0.1, -0.05) is 35.3 Å². The molecule has 1 rings (SSSR count). The number of carbonyl (C=O) groups is 1. The summed E-state index contributed by atoms with van der Waals surface area (Å²) in [6.45, 7) is 0.408. The van der Waals surface area contributed by atoms with Gasteiger partial charge in [0, 0.05) is 13.6 Å². The van der Waals surface area contributed by atoms with Crippen LogP contribution in [0.25, 0.3) is 0 Å². The van der Waals surface area contributed by atoms with Crippen LogP contribution in [0, 0.1) is 0 Å². The van der Waals surface area contributed by atoms with Crippen molar-refractivity contribution in [1.29, 1.82) is 0 Å². The minimum absolute atomic E-state index is 0. The molecule has 1 amide bonds. The summed E-state index contributed by atoms with van der Waals surface area (Å²) in [5.74, 6) is 0.795. The van der Waals surface area contributed by atoms with E-state index in [-0.39, 0.29) is 18.3 Å². The van der Waals surface area contributed by atoms with Crippen LogP contribution in [0.2, 0.25) is 10.0 Å². The summed E-state index contributed by atoms with van der Waals surface area (Å²) in [6, 6.07) is 4.93. The van der Waals surface area contributed by atoms with Crippen LogP contribution >= 0.6 is 47.4 Å².